The van der Waals surface area contributed by atoms with Crippen molar-refractivity contribution in [2.75, 3.05) is 0 Å². The maximum atomic E-state index is 11.5. The predicted octanol–water partition coefficient (Wildman–Crippen LogP) is -0.161. The van der Waals surface area contributed by atoms with E-state index in [-0.39, 0.29) is 4.90 Å². The standard InChI is InChI=1S/C10H12O5S/c1-7-3-5-9(6-4-7)16(13,14)15-8(2)10(11)12/h3-6,8H,1-2H3,(H,11,12)/p-1/t8-/m0/s1. The number of carbonyl (C=O) groups excluding carboxylic acids is 1. The molecule has 0 N–H and O–H groups in total. The van der Waals surface area contributed by atoms with E-state index < -0.39 is 22.2 Å². The van der Waals surface area contributed by atoms with Gasteiger partial charge < -0.3 is 9.90 Å². The number of carbonyl (C=O) groups is 1. The first-order valence-corrected chi connectivity index (χ1v) is 5.94. The third-order valence-corrected chi connectivity index (χ3v) is 3.30. The molecule has 6 heteroatoms. The lowest BCUT2D eigenvalue weighted by molar-refractivity contribution is -0.312. The van der Waals surface area contributed by atoms with Gasteiger partial charge in [0.05, 0.1) is 10.9 Å². The van der Waals surface area contributed by atoms with E-state index in [9.17, 15) is 18.3 Å². The van der Waals surface area contributed by atoms with Gasteiger partial charge in [-0.1, -0.05) is 17.7 Å². The average molecular weight is 243 g/mol. The van der Waals surface area contributed by atoms with Crippen molar-refractivity contribution in [2.45, 2.75) is 24.8 Å². The Morgan fingerprint density at radius 3 is 2.25 bits per heavy atom. The third kappa shape index (κ3) is 3.04. The van der Waals surface area contributed by atoms with Crippen LogP contribution < -0.4 is 5.11 Å². The Bertz CT molecular complexity index is 474. The molecule has 0 heterocycles. The van der Waals surface area contributed by atoms with E-state index in [1.165, 1.54) is 12.1 Å². The summed E-state index contributed by atoms with van der Waals surface area (Å²) in [6.07, 6.45) is -1.51. The SMILES string of the molecule is Cc1ccc(S(=O)(=O)O[C@@H](C)C(=O)[O-])cc1. The summed E-state index contributed by atoms with van der Waals surface area (Å²) in [5, 5.41) is 10.4. The second-order valence-corrected chi connectivity index (χ2v) is 4.90. The summed E-state index contributed by atoms with van der Waals surface area (Å²) in [5.41, 5.74) is 0.895. The molecule has 5 nitrogen and oxygen atoms in total. The third-order valence-electron chi connectivity index (χ3n) is 1.91. The number of aryl methyl sites for hydroxylation is 1. The maximum Gasteiger partial charge on any atom is 0.297 e. The van der Waals surface area contributed by atoms with Crippen molar-refractivity contribution in [3.8, 4) is 0 Å². The second-order valence-electron chi connectivity index (χ2n) is 3.32. The summed E-state index contributed by atoms with van der Waals surface area (Å²) < 4.78 is 27.5. The zero-order chi connectivity index (χ0) is 12.3. The molecule has 88 valence electrons. The fourth-order valence-electron chi connectivity index (χ4n) is 0.990. The number of hydrogen-bond donors (Lipinski definition) is 0. The Hall–Kier alpha value is -1.40. The van der Waals surface area contributed by atoms with Crippen molar-refractivity contribution in [3.05, 3.63) is 29.8 Å². The number of hydrogen-bond acceptors (Lipinski definition) is 5. The zero-order valence-electron chi connectivity index (χ0n) is 8.84. The minimum Gasteiger partial charge on any atom is -0.547 e. The molecular weight excluding hydrogens is 232 g/mol. The van der Waals surface area contributed by atoms with Crippen molar-refractivity contribution in [2.24, 2.45) is 0 Å². The molecule has 0 aliphatic carbocycles. The van der Waals surface area contributed by atoms with Gasteiger partial charge in [0.1, 0.15) is 6.10 Å². The number of rotatable bonds is 4. The Balaban J connectivity index is 2.94. The van der Waals surface area contributed by atoms with Crippen LogP contribution >= 0.6 is 0 Å². The lowest BCUT2D eigenvalue weighted by Crippen LogP contribution is -2.36. The molecule has 0 saturated carbocycles. The smallest absolute Gasteiger partial charge is 0.297 e. The molecule has 1 aromatic rings. The summed E-state index contributed by atoms with van der Waals surface area (Å²) in [4.78, 5) is 10.3. The Labute approximate surface area is 93.8 Å². The first kappa shape index (κ1) is 12.7. The summed E-state index contributed by atoms with van der Waals surface area (Å²) >= 11 is 0. The molecule has 0 unspecified atom stereocenters. The Kier molecular flexibility index (Phi) is 3.66. The molecular formula is C10H11O5S-. The molecule has 0 bridgehead atoms. The Morgan fingerprint density at radius 2 is 1.81 bits per heavy atom. The van der Waals surface area contributed by atoms with Gasteiger partial charge >= 0.3 is 0 Å². The lowest BCUT2D eigenvalue weighted by Gasteiger charge is -2.13. The molecule has 16 heavy (non-hydrogen) atoms. The molecule has 0 aromatic heterocycles. The van der Waals surface area contributed by atoms with Crippen LogP contribution in [-0.4, -0.2) is 20.5 Å². The van der Waals surface area contributed by atoms with Gasteiger partial charge in [-0.25, -0.2) is 0 Å². The largest absolute Gasteiger partial charge is 0.547 e. The number of carboxylic acids is 1. The number of benzene rings is 1. The van der Waals surface area contributed by atoms with Gasteiger partial charge in [-0.15, -0.1) is 0 Å². The highest BCUT2D eigenvalue weighted by molar-refractivity contribution is 7.86. The first-order chi connectivity index (χ1) is 7.33. The molecule has 0 amide bonds. The normalized spacial score (nSPS) is 13.4. The van der Waals surface area contributed by atoms with Crippen molar-refractivity contribution < 1.29 is 22.5 Å². The van der Waals surface area contributed by atoms with E-state index in [4.69, 9.17) is 0 Å². The van der Waals surface area contributed by atoms with Crippen LogP contribution in [0.3, 0.4) is 0 Å². The molecule has 0 saturated heterocycles. The van der Waals surface area contributed by atoms with Crippen LogP contribution in [0.2, 0.25) is 0 Å². The van der Waals surface area contributed by atoms with E-state index in [0.29, 0.717) is 0 Å². The summed E-state index contributed by atoms with van der Waals surface area (Å²) in [6, 6.07) is 5.90. The molecule has 0 spiro atoms. The van der Waals surface area contributed by atoms with E-state index in [1.54, 1.807) is 19.1 Å². The van der Waals surface area contributed by atoms with Gasteiger partial charge in [-0.2, -0.15) is 8.42 Å². The highest BCUT2D eigenvalue weighted by Crippen LogP contribution is 2.14. The van der Waals surface area contributed by atoms with E-state index in [0.717, 1.165) is 12.5 Å². The van der Waals surface area contributed by atoms with Gasteiger partial charge in [-0.05, 0) is 26.0 Å². The summed E-state index contributed by atoms with van der Waals surface area (Å²) in [6.45, 7) is 2.90. The molecule has 1 aromatic carbocycles. The van der Waals surface area contributed by atoms with Crippen molar-refractivity contribution in [1.29, 1.82) is 0 Å². The fourth-order valence-corrected chi connectivity index (χ4v) is 2.03. The predicted molar refractivity (Wildman–Crippen MR) is 53.9 cm³/mol. The zero-order valence-corrected chi connectivity index (χ0v) is 9.65. The van der Waals surface area contributed by atoms with Crippen LogP contribution in [-0.2, 0) is 19.1 Å². The minimum absolute atomic E-state index is 0.0776. The van der Waals surface area contributed by atoms with Gasteiger partial charge in [0.15, 0.2) is 0 Å². The Morgan fingerprint density at radius 1 is 1.31 bits per heavy atom. The van der Waals surface area contributed by atoms with Gasteiger partial charge in [0.25, 0.3) is 10.1 Å². The second kappa shape index (κ2) is 4.63. The van der Waals surface area contributed by atoms with Crippen molar-refractivity contribution >= 4 is 16.1 Å². The summed E-state index contributed by atoms with van der Waals surface area (Å²) in [5.74, 6) is -1.57. The van der Waals surface area contributed by atoms with Gasteiger partial charge in [0.2, 0.25) is 0 Å². The fraction of sp³-hybridized carbons (Fsp3) is 0.300. The molecule has 0 aliphatic rings. The van der Waals surface area contributed by atoms with E-state index >= 15 is 0 Å². The average Bonchev–Trinajstić information content (AvgIpc) is 2.17. The van der Waals surface area contributed by atoms with Gasteiger partial charge in [0, 0.05) is 0 Å². The van der Waals surface area contributed by atoms with Gasteiger partial charge in [-0.3, -0.25) is 4.18 Å². The molecule has 0 radical (unpaired) electrons. The van der Waals surface area contributed by atoms with E-state index in [1.807, 2.05) is 0 Å². The minimum atomic E-state index is -4.04. The summed E-state index contributed by atoms with van der Waals surface area (Å²) in [7, 11) is -4.04. The topological polar surface area (TPSA) is 83.5 Å². The number of aliphatic carboxylic acids is 1. The molecule has 1 rings (SSSR count). The van der Waals surface area contributed by atoms with Crippen molar-refractivity contribution in [1.82, 2.24) is 0 Å². The highest BCUT2D eigenvalue weighted by Gasteiger charge is 2.19. The van der Waals surface area contributed by atoms with Crippen LogP contribution in [0, 0.1) is 6.92 Å². The highest BCUT2D eigenvalue weighted by atomic mass is 32.2. The van der Waals surface area contributed by atoms with Crippen LogP contribution in [0.5, 0.6) is 0 Å². The van der Waals surface area contributed by atoms with Crippen LogP contribution in [0.25, 0.3) is 0 Å². The monoisotopic (exact) mass is 243 g/mol. The number of carboxylic acid groups (broad SMARTS) is 1. The lowest BCUT2D eigenvalue weighted by atomic mass is 10.2. The molecule has 0 fully saturated rings. The quantitative estimate of drug-likeness (QED) is 0.686. The van der Waals surface area contributed by atoms with Crippen LogP contribution in [0.4, 0.5) is 0 Å². The first-order valence-electron chi connectivity index (χ1n) is 4.54. The van der Waals surface area contributed by atoms with Crippen LogP contribution in [0.1, 0.15) is 12.5 Å². The molecule has 0 aliphatic heterocycles. The maximum absolute atomic E-state index is 11.5. The van der Waals surface area contributed by atoms with Crippen molar-refractivity contribution in [3.63, 3.8) is 0 Å². The van der Waals surface area contributed by atoms with E-state index in [2.05, 4.69) is 4.18 Å². The van der Waals surface area contributed by atoms with Crippen LogP contribution in [0.15, 0.2) is 29.2 Å². The molecule has 1 atom stereocenters.